The molecule has 0 saturated carbocycles. The van der Waals surface area contributed by atoms with Crippen LogP contribution in [0.4, 0.5) is 5.69 Å². The minimum Gasteiger partial charge on any atom is -0.508 e. The first-order valence-electron chi connectivity index (χ1n) is 15.2. The van der Waals surface area contributed by atoms with Gasteiger partial charge in [-0.2, -0.15) is 0 Å². The van der Waals surface area contributed by atoms with Gasteiger partial charge in [0.15, 0.2) is 6.29 Å². The van der Waals surface area contributed by atoms with Crippen LogP contribution in [0.5, 0.6) is 5.75 Å². The summed E-state index contributed by atoms with van der Waals surface area (Å²) < 4.78 is 11.1. The molecule has 0 spiro atoms. The van der Waals surface area contributed by atoms with Crippen molar-refractivity contribution in [1.82, 2.24) is 5.32 Å². The maximum atomic E-state index is 11.9. The van der Waals surface area contributed by atoms with Crippen LogP contribution < -0.4 is 10.2 Å². The number of nitrogens with one attached hydrogen (secondary N) is 1. The summed E-state index contributed by atoms with van der Waals surface area (Å²) in [6.07, 6.45) is 4.27. The molecule has 2 heterocycles. The fourth-order valence-corrected chi connectivity index (χ4v) is 7.71. The van der Waals surface area contributed by atoms with E-state index in [9.17, 15) is 15.0 Å². The number of piperidine rings is 1. The number of nitrogens with zero attached hydrogens (tertiary/aromatic N) is 1. The molecule has 1 unspecified atom stereocenters. The monoisotopic (exact) mass is 570 g/mol. The highest BCUT2D eigenvalue weighted by Crippen LogP contribution is 2.48. The molecule has 0 bridgehead atoms. The molecule has 7 nitrogen and oxygen atoms in total. The Balaban J connectivity index is 1.39. The second-order valence-electron chi connectivity index (χ2n) is 12.1. The van der Waals surface area contributed by atoms with Crippen molar-refractivity contribution < 1.29 is 24.5 Å². The number of hydrogen-bond donors (Lipinski definition) is 3. The molecule has 1 aliphatic carbocycles. The summed E-state index contributed by atoms with van der Waals surface area (Å²) in [5, 5.41) is 23.3. The van der Waals surface area contributed by atoms with Crippen LogP contribution >= 0.6 is 0 Å². The summed E-state index contributed by atoms with van der Waals surface area (Å²) in [6.45, 7) is 2.46. The fourth-order valence-electron chi connectivity index (χ4n) is 7.71. The lowest BCUT2D eigenvalue weighted by atomic mass is 9.69. The molecule has 4 atom stereocenters. The molecular formula is C35H42N2O5. The lowest BCUT2D eigenvalue weighted by Crippen LogP contribution is -2.39. The Morgan fingerprint density at radius 1 is 0.929 bits per heavy atom. The van der Waals surface area contributed by atoms with Gasteiger partial charge in [0.25, 0.3) is 0 Å². The molecule has 6 rings (SSSR count). The van der Waals surface area contributed by atoms with Gasteiger partial charge in [0.2, 0.25) is 0 Å². The average molecular weight is 571 g/mol. The number of phenolic OH excluding ortho intramolecular Hbond substituents is 1. The Morgan fingerprint density at radius 3 is 2.38 bits per heavy atom. The van der Waals surface area contributed by atoms with Crippen LogP contribution in [0.15, 0.2) is 66.7 Å². The van der Waals surface area contributed by atoms with Crippen LogP contribution in [0.2, 0.25) is 0 Å². The summed E-state index contributed by atoms with van der Waals surface area (Å²) in [5.74, 6) is 0.445. The number of phenols is 1. The van der Waals surface area contributed by atoms with Crippen molar-refractivity contribution in [3.8, 4) is 5.75 Å². The summed E-state index contributed by atoms with van der Waals surface area (Å²) in [5.41, 5.74) is 7.49. The second kappa shape index (κ2) is 12.5. The predicted octanol–water partition coefficient (Wildman–Crippen LogP) is 5.62. The van der Waals surface area contributed by atoms with Crippen molar-refractivity contribution in [2.75, 3.05) is 38.8 Å². The molecular weight excluding hydrogens is 528 g/mol. The third-order valence-electron chi connectivity index (χ3n) is 9.83. The van der Waals surface area contributed by atoms with Crippen LogP contribution in [0, 0.1) is 5.92 Å². The summed E-state index contributed by atoms with van der Waals surface area (Å²) in [6, 6.07) is 23.0. The van der Waals surface area contributed by atoms with E-state index in [1.807, 2.05) is 12.1 Å². The zero-order valence-electron chi connectivity index (χ0n) is 24.5. The van der Waals surface area contributed by atoms with Crippen molar-refractivity contribution in [1.29, 1.82) is 0 Å². The molecule has 3 aliphatic rings. The SMILES string of the molecule is COC(OC)C1CCN(c2ccc([C@@H]3c4ccc(O)cc4CC[C@@H]3c3ccccc3)cc2C2CN[C@@H](C(=O)O)C2)CC1. The lowest BCUT2D eigenvalue weighted by molar-refractivity contribution is -0.141. The van der Waals surface area contributed by atoms with Crippen LogP contribution in [-0.2, 0) is 20.7 Å². The third kappa shape index (κ3) is 5.65. The van der Waals surface area contributed by atoms with Crippen LogP contribution in [0.1, 0.15) is 71.3 Å². The Bertz CT molecular complexity index is 1380. The number of hydrogen-bond acceptors (Lipinski definition) is 6. The number of rotatable bonds is 8. The quantitative estimate of drug-likeness (QED) is 0.303. The van der Waals surface area contributed by atoms with Crippen LogP contribution in [0.25, 0.3) is 0 Å². The summed E-state index contributed by atoms with van der Waals surface area (Å²) in [7, 11) is 3.41. The zero-order chi connectivity index (χ0) is 29.2. The van der Waals surface area contributed by atoms with Gasteiger partial charge in [-0.15, -0.1) is 0 Å². The molecule has 3 aromatic carbocycles. The molecule has 0 radical (unpaired) electrons. The number of aromatic hydroxyl groups is 1. The Morgan fingerprint density at radius 2 is 1.69 bits per heavy atom. The average Bonchev–Trinajstić information content (AvgIpc) is 3.53. The van der Waals surface area contributed by atoms with Crippen LogP contribution in [0.3, 0.4) is 0 Å². The minimum atomic E-state index is -0.786. The highest BCUT2D eigenvalue weighted by atomic mass is 16.7. The molecule has 2 aliphatic heterocycles. The van der Waals surface area contributed by atoms with Gasteiger partial charge in [-0.1, -0.05) is 48.5 Å². The zero-order valence-corrected chi connectivity index (χ0v) is 24.5. The molecule has 42 heavy (non-hydrogen) atoms. The van der Waals surface area contributed by atoms with E-state index >= 15 is 0 Å². The van der Waals surface area contributed by atoms with E-state index in [0.29, 0.717) is 30.6 Å². The maximum absolute atomic E-state index is 11.9. The Labute approximate surface area is 248 Å². The Kier molecular flexibility index (Phi) is 8.52. The summed E-state index contributed by atoms with van der Waals surface area (Å²) in [4.78, 5) is 14.3. The smallest absolute Gasteiger partial charge is 0.320 e. The highest BCUT2D eigenvalue weighted by molar-refractivity contribution is 5.74. The number of benzene rings is 3. The normalized spacial score (nSPS) is 24.6. The summed E-state index contributed by atoms with van der Waals surface area (Å²) >= 11 is 0. The number of aliphatic carboxylic acids is 1. The van der Waals surface area contributed by atoms with Gasteiger partial charge >= 0.3 is 5.97 Å². The van der Waals surface area contributed by atoms with Gasteiger partial charge in [-0.25, -0.2) is 0 Å². The van der Waals surface area contributed by atoms with Crippen molar-refractivity contribution in [2.24, 2.45) is 5.92 Å². The number of fused-ring (bicyclic) bond motifs is 1. The first-order valence-corrected chi connectivity index (χ1v) is 15.2. The van der Waals surface area contributed by atoms with E-state index in [2.05, 4.69) is 64.8 Å². The topological polar surface area (TPSA) is 91.3 Å². The molecule has 3 aromatic rings. The van der Waals surface area contributed by atoms with E-state index in [4.69, 9.17) is 9.47 Å². The number of aryl methyl sites for hydroxylation is 1. The Hall–Kier alpha value is -3.39. The third-order valence-corrected chi connectivity index (χ3v) is 9.83. The predicted molar refractivity (Wildman–Crippen MR) is 163 cm³/mol. The van der Waals surface area contributed by atoms with Gasteiger partial charge in [-0.3, -0.25) is 4.79 Å². The molecule has 2 fully saturated rings. The van der Waals surface area contributed by atoms with Crippen molar-refractivity contribution in [3.05, 3.63) is 94.5 Å². The van der Waals surface area contributed by atoms with E-state index in [1.54, 1.807) is 14.2 Å². The molecule has 3 N–H and O–H groups in total. The van der Waals surface area contributed by atoms with Crippen molar-refractivity contribution in [2.45, 2.75) is 62.2 Å². The maximum Gasteiger partial charge on any atom is 0.320 e. The van der Waals surface area contributed by atoms with Gasteiger partial charge in [0.05, 0.1) is 0 Å². The number of carboxylic acid groups (broad SMARTS) is 1. The van der Waals surface area contributed by atoms with Gasteiger partial charge in [-0.05, 0) is 84.0 Å². The van der Waals surface area contributed by atoms with Gasteiger partial charge in [0, 0.05) is 57.3 Å². The molecule has 222 valence electrons. The largest absolute Gasteiger partial charge is 0.508 e. The van der Waals surface area contributed by atoms with Crippen molar-refractivity contribution in [3.63, 3.8) is 0 Å². The van der Waals surface area contributed by atoms with Crippen LogP contribution in [-0.4, -0.2) is 62.4 Å². The van der Waals surface area contributed by atoms with E-state index in [-0.39, 0.29) is 18.1 Å². The standard InChI is InChI=1S/C35H42N2O5/c1-41-35(42-2)23-14-16-37(17-15-23)32-13-9-25(19-30(32)26-20-31(34(39)40)36-21-26)33-28(22-6-4-3-5-7-22)11-8-24-18-27(38)10-12-29(24)33/h3-7,9-10,12-13,18-19,23,26,28,31,33,35-36,38H,8,11,14-17,20-21H2,1-2H3,(H,39,40)/t26?,28-,31-,33+/m1/s1. The van der Waals surface area contributed by atoms with Gasteiger partial charge in [0.1, 0.15) is 11.8 Å². The van der Waals surface area contributed by atoms with E-state index < -0.39 is 12.0 Å². The number of anilines is 1. The molecule has 0 amide bonds. The fraction of sp³-hybridized carbons (Fsp3) is 0.457. The van der Waals surface area contributed by atoms with E-state index in [0.717, 1.165) is 38.8 Å². The second-order valence-corrected chi connectivity index (χ2v) is 12.1. The van der Waals surface area contributed by atoms with E-state index in [1.165, 1.54) is 33.5 Å². The number of carboxylic acids is 1. The first-order chi connectivity index (χ1) is 20.5. The minimum absolute atomic E-state index is 0.113. The number of ether oxygens (including phenoxy) is 2. The number of carbonyl (C=O) groups is 1. The first kappa shape index (κ1) is 28.7. The molecule has 0 aromatic heterocycles. The molecule has 2 saturated heterocycles. The van der Waals surface area contributed by atoms with Crippen molar-refractivity contribution >= 4 is 11.7 Å². The van der Waals surface area contributed by atoms with Gasteiger partial charge < -0.3 is 29.9 Å². The molecule has 7 heteroatoms. The highest BCUT2D eigenvalue weighted by Gasteiger charge is 2.36. The number of methoxy groups -OCH3 is 2. The lowest BCUT2D eigenvalue weighted by Gasteiger charge is -2.38.